The van der Waals surface area contributed by atoms with Crippen LogP contribution in [0.3, 0.4) is 0 Å². The lowest BCUT2D eigenvalue weighted by Gasteiger charge is -2.26. The zero-order chi connectivity index (χ0) is 25.2. The maximum atomic E-state index is 11.8. The molecular weight excluding hydrogens is 480 g/mol. The molecule has 0 atom stereocenters. The lowest BCUT2D eigenvalue weighted by atomic mass is 10.2. The van der Waals surface area contributed by atoms with Gasteiger partial charge in [0.25, 0.3) is 11.8 Å². The van der Waals surface area contributed by atoms with Crippen molar-refractivity contribution in [1.29, 1.82) is 0 Å². The smallest absolute Gasteiger partial charge is 0.300 e. The number of ether oxygens (including phenoxy) is 2. The first-order chi connectivity index (χ1) is 17.5. The molecule has 16 heteroatoms. The first-order valence-corrected chi connectivity index (χ1v) is 10.6. The van der Waals surface area contributed by atoms with E-state index in [2.05, 4.69) is 29.9 Å². The van der Waals surface area contributed by atoms with Gasteiger partial charge in [-0.05, 0) is 38.8 Å². The second kappa shape index (κ2) is 9.51. The second-order valence-corrected chi connectivity index (χ2v) is 7.65. The van der Waals surface area contributed by atoms with Crippen molar-refractivity contribution in [3.8, 4) is 0 Å². The Labute approximate surface area is 200 Å². The number of anilines is 3. The van der Waals surface area contributed by atoms with E-state index in [1.54, 1.807) is 17.0 Å². The van der Waals surface area contributed by atoms with Gasteiger partial charge < -0.3 is 25.0 Å². The maximum absolute atomic E-state index is 11.8. The number of morpholine rings is 2. The molecule has 36 heavy (non-hydrogen) atoms. The molecule has 0 radical (unpaired) electrons. The SMILES string of the molecule is Nc1ccc(N2CCOCC2=O)c2nonc12.O=C1COCCN1c1ccc([N+](=O)[O-])c2nonc12. The van der Waals surface area contributed by atoms with Crippen molar-refractivity contribution in [2.75, 3.05) is 55.1 Å². The molecule has 0 aliphatic carbocycles. The summed E-state index contributed by atoms with van der Waals surface area (Å²) in [5.74, 6) is -0.338. The summed E-state index contributed by atoms with van der Waals surface area (Å²) in [6.07, 6.45) is 0. The van der Waals surface area contributed by atoms with E-state index < -0.39 is 4.92 Å². The average Bonchev–Trinajstić information content (AvgIpc) is 3.56. The van der Waals surface area contributed by atoms with Crippen molar-refractivity contribution in [3.63, 3.8) is 0 Å². The summed E-state index contributed by atoms with van der Waals surface area (Å²) in [6, 6.07) is 6.17. The first kappa shape index (κ1) is 23.1. The van der Waals surface area contributed by atoms with Crippen LogP contribution in [0.15, 0.2) is 33.5 Å². The minimum absolute atomic E-state index is 0.0240. The highest BCUT2D eigenvalue weighted by molar-refractivity contribution is 6.05. The Kier molecular flexibility index (Phi) is 6.09. The normalized spacial score (nSPS) is 16.3. The molecule has 0 saturated carbocycles. The molecule has 0 spiro atoms. The molecule has 2 aromatic carbocycles. The topological polar surface area (TPSA) is 206 Å². The van der Waals surface area contributed by atoms with E-state index in [0.29, 0.717) is 54.4 Å². The van der Waals surface area contributed by atoms with Crippen LogP contribution in [0.2, 0.25) is 0 Å². The number of carbonyl (C=O) groups excluding carboxylic acids is 2. The third kappa shape index (κ3) is 4.14. The molecule has 16 nitrogen and oxygen atoms in total. The number of amides is 2. The van der Waals surface area contributed by atoms with Gasteiger partial charge in [0.15, 0.2) is 16.6 Å². The highest BCUT2D eigenvalue weighted by Gasteiger charge is 2.27. The van der Waals surface area contributed by atoms with E-state index in [-0.39, 0.29) is 41.7 Å². The van der Waals surface area contributed by atoms with Crippen LogP contribution < -0.4 is 15.5 Å². The molecule has 2 aliphatic rings. The van der Waals surface area contributed by atoms with Crippen molar-refractivity contribution >= 4 is 56.6 Å². The quantitative estimate of drug-likeness (QED) is 0.234. The standard InChI is InChI=1S/C10H8N4O5.C10H10N4O3/c15-8-5-18-4-3-13(8)6-1-2-7(14(16)17)10-9(6)11-19-12-10;11-6-1-2-7(10-9(6)12-17-13-10)14-3-4-16-5-8(14)15/h1-2H,3-5H2;1-2H,3-5,11H2. The van der Waals surface area contributed by atoms with Gasteiger partial charge in [-0.3, -0.25) is 19.7 Å². The number of aromatic nitrogens is 4. The molecule has 2 fully saturated rings. The molecule has 2 saturated heterocycles. The van der Waals surface area contributed by atoms with Gasteiger partial charge in [0.05, 0.1) is 35.2 Å². The van der Waals surface area contributed by atoms with Crippen LogP contribution in [-0.2, 0) is 19.1 Å². The molecule has 2 aromatic heterocycles. The Bertz CT molecular complexity index is 1470. The van der Waals surface area contributed by atoms with Crippen LogP contribution in [0.25, 0.3) is 22.1 Å². The largest absolute Gasteiger partial charge is 0.397 e. The molecule has 0 bridgehead atoms. The van der Waals surface area contributed by atoms with Gasteiger partial charge in [0, 0.05) is 19.2 Å². The Morgan fingerprint density at radius 3 is 1.83 bits per heavy atom. The predicted octanol–water partition coefficient (Wildman–Crippen LogP) is 0.662. The number of non-ortho nitro benzene ring substituents is 1. The molecular formula is C20H18N8O8. The van der Waals surface area contributed by atoms with E-state index in [9.17, 15) is 19.7 Å². The predicted molar refractivity (Wildman–Crippen MR) is 121 cm³/mol. The number of nitrogens with two attached hydrogens (primary N) is 1. The summed E-state index contributed by atoms with van der Waals surface area (Å²) in [5, 5.41) is 25.5. The Morgan fingerprint density at radius 2 is 1.28 bits per heavy atom. The molecule has 4 aromatic rings. The molecule has 2 N–H and O–H groups in total. The first-order valence-electron chi connectivity index (χ1n) is 10.6. The van der Waals surface area contributed by atoms with Crippen molar-refractivity contribution in [2.45, 2.75) is 0 Å². The molecule has 186 valence electrons. The van der Waals surface area contributed by atoms with E-state index in [0.717, 1.165) is 0 Å². The molecule has 0 unspecified atom stereocenters. The summed E-state index contributed by atoms with van der Waals surface area (Å²) in [6.45, 7) is 1.81. The van der Waals surface area contributed by atoms with Gasteiger partial charge in [0.2, 0.25) is 5.52 Å². The summed E-state index contributed by atoms with van der Waals surface area (Å²) < 4.78 is 19.3. The highest BCUT2D eigenvalue weighted by Crippen LogP contribution is 2.32. The van der Waals surface area contributed by atoms with Crippen molar-refractivity contribution < 1.29 is 33.2 Å². The van der Waals surface area contributed by atoms with Gasteiger partial charge in [-0.25, -0.2) is 9.26 Å². The summed E-state index contributed by atoms with van der Waals surface area (Å²) in [4.78, 5) is 36.9. The minimum atomic E-state index is -0.572. The van der Waals surface area contributed by atoms with Gasteiger partial charge in [-0.1, -0.05) is 0 Å². The number of nitrogens with zero attached hydrogens (tertiary/aromatic N) is 7. The lowest BCUT2D eigenvalue weighted by molar-refractivity contribution is -0.383. The van der Waals surface area contributed by atoms with Crippen LogP contribution in [0.5, 0.6) is 0 Å². The highest BCUT2D eigenvalue weighted by atomic mass is 16.6. The Hall–Kier alpha value is -4.70. The van der Waals surface area contributed by atoms with Crippen LogP contribution in [0.4, 0.5) is 22.7 Å². The number of fused-ring (bicyclic) bond motifs is 2. The molecule has 6 rings (SSSR count). The number of nitrogen functional groups attached to an aromatic ring is 1. The monoisotopic (exact) mass is 498 g/mol. The maximum Gasteiger partial charge on any atom is 0.300 e. The lowest BCUT2D eigenvalue weighted by Crippen LogP contribution is -2.41. The number of hydrogen-bond acceptors (Lipinski definition) is 13. The minimum Gasteiger partial charge on any atom is -0.397 e. The Morgan fingerprint density at radius 1 is 0.778 bits per heavy atom. The van der Waals surface area contributed by atoms with Crippen LogP contribution in [0, 0.1) is 10.1 Å². The van der Waals surface area contributed by atoms with Crippen LogP contribution in [0.1, 0.15) is 0 Å². The van der Waals surface area contributed by atoms with Crippen molar-refractivity contribution in [1.82, 2.24) is 20.6 Å². The third-order valence-electron chi connectivity index (χ3n) is 5.55. The van der Waals surface area contributed by atoms with Crippen LogP contribution >= 0.6 is 0 Å². The van der Waals surface area contributed by atoms with E-state index in [1.807, 2.05) is 0 Å². The third-order valence-corrected chi connectivity index (χ3v) is 5.55. The number of nitro groups is 1. The zero-order valence-corrected chi connectivity index (χ0v) is 18.5. The van der Waals surface area contributed by atoms with E-state index in [4.69, 9.17) is 15.2 Å². The number of benzene rings is 2. The number of rotatable bonds is 3. The van der Waals surface area contributed by atoms with Gasteiger partial charge >= 0.3 is 5.69 Å². The van der Waals surface area contributed by atoms with Gasteiger partial charge in [-0.15, -0.1) is 0 Å². The summed E-state index contributed by atoms with van der Waals surface area (Å²) in [7, 11) is 0. The summed E-state index contributed by atoms with van der Waals surface area (Å²) >= 11 is 0. The molecule has 4 heterocycles. The molecule has 2 aliphatic heterocycles. The fourth-order valence-corrected chi connectivity index (χ4v) is 3.84. The van der Waals surface area contributed by atoms with Crippen LogP contribution in [-0.4, -0.2) is 76.9 Å². The average molecular weight is 498 g/mol. The van der Waals surface area contributed by atoms with E-state index in [1.165, 1.54) is 17.0 Å². The molecule has 2 amide bonds. The number of nitro benzene ring substituents is 1. The van der Waals surface area contributed by atoms with Gasteiger partial charge in [0.1, 0.15) is 13.2 Å². The van der Waals surface area contributed by atoms with E-state index >= 15 is 0 Å². The summed E-state index contributed by atoms with van der Waals surface area (Å²) in [5.41, 5.74) is 8.31. The number of carbonyl (C=O) groups is 2. The fraction of sp³-hybridized carbons (Fsp3) is 0.300. The zero-order valence-electron chi connectivity index (χ0n) is 18.5. The van der Waals surface area contributed by atoms with Crippen molar-refractivity contribution in [2.24, 2.45) is 0 Å². The van der Waals surface area contributed by atoms with Crippen molar-refractivity contribution in [3.05, 3.63) is 34.4 Å². The van der Waals surface area contributed by atoms with Gasteiger partial charge in [-0.2, -0.15) is 0 Å². The fourth-order valence-electron chi connectivity index (χ4n) is 3.84. The Balaban J connectivity index is 0.000000149. The number of hydrogen-bond donors (Lipinski definition) is 1. The second-order valence-electron chi connectivity index (χ2n) is 7.65.